The van der Waals surface area contributed by atoms with Crippen molar-refractivity contribution in [2.24, 2.45) is 0 Å². The van der Waals surface area contributed by atoms with Crippen LogP contribution in [0.3, 0.4) is 0 Å². The Morgan fingerprint density at radius 2 is 1.94 bits per heavy atom. The van der Waals surface area contributed by atoms with E-state index in [1.807, 2.05) is 31.2 Å². The zero-order valence-electron chi connectivity index (χ0n) is 19.0. The number of aromatic amines is 1. The van der Waals surface area contributed by atoms with Crippen molar-refractivity contribution in [1.82, 2.24) is 15.1 Å². The first-order chi connectivity index (χ1) is 17.0. The summed E-state index contributed by atoms with van der Waals surface area (Å²) in [6.07, 6.45) is 0.868. The smallest absolute Gasteiger partial charge is 0.273 e. The van der Waals surface area contributed by atoms with Gasteiger partial charge in [-0.2, -0.15) is 5.10 Å². The van der Waals surface area contributed by atoms with E-state index in [-0.39, 0.29) is 24.0 Å². The van der Waals surface area contributed by atoms with Crippen LogP contribution in [-0.2, 0) is 6.54 Å². The quantitative estimate of drug-likeness (QED) is 0.327. The van der Waals surface area contributed by atoms with Gasteiger partial charge in [0.15, 0.2) is 0 Å². The Kier molecular flexibility index (Phi) is 6.17. The summed E-state index contributed by atoms with van der Waals surface area (Å²) in [5.74, 6) is 0.121. The number of hydrogen-bond donors (Lipinski definition) is 2. The Morgan fingerprint density at radius 3 is 2.71 bits per heavy atom. The number of fused-ring (bicyclic) bond motifs is 1. The average molecular weight is 492 g/mol. The van der Waals surface area contributed by atoms with E-state index < -0.39 is 6.04 Å². The third-order valence-electron chi connectivity index (χ3n) is 5.99. The third kappa shape index (κ3) is 4.35. The van der Waals surface area contributed by atoms with Crippen LogP contribution < -0.4 is 4.74 Å². The summed E-state index contributed by atoms with van der Waals surface area (Å²) < 4.78 is 19.3. The fourth-order valence-electron chi connectivity index (χ4n) is 4.39. The molecule has 3 aromatic carbocycles. The van der Waals surface area contributed by atoms with Gasteiger partial charge in [-0.3, -0.25) is 9.89 Å². The first-order valence-electron chi connectivity index (χ1n) is 11.3. The fourth-order valence-corrected chi connectivity index (χ4v) is 4.56. The minimum absolute atomic E-state index is 0.00640. The van der Waals surface area contributed by atoms with E-state index >= 15 is 0 Å². The van der Waals surface area contributed by atoms with Gasteiger partial charge in [0, 0.05) is 22.7 Å². The number of H-pyrrole nitrogens is 1. The van der Waals surface area contributed by atoms with Crippen molar-refractivity contribution in [2.75, 3.05) is 6.61 Å². The molecule has 0 spiro atoms. The van der Waals surface area contributed by atoms with Gasteiger partial charge in [0.05, 0.1) is 12.6 Å². The molecule has 1 aliphatic rings. The lowest BCUT2D eigenvalue weighted by Gasteiger charge is -2.27. The standard InChI is InChI=1S/C27H23ClFN3O3/c1-2-12-35-20-5-3-4-17(13-20)26-23-24(21-14-18(28)8-11-22(21)33)30-31-25(23)27(34)32(26)15-16-6-9-19(29)10-7-16/h3-11,13-14,26,33H,2,12,15H2,1H3,(H,30,31). The molecule has 0 saturated heterocycles. The van der Waals surface area contributed by atoms with E-state index in [2.05, 4.69) is 10.2 Å². The van der Waals surface area contributed by atoms with E-state index in [9.17, 15) is 14.3 Å². The Bertz CT molecular complexity index is 1390. The minimum atomic E-state index is -0.514. The lowest BCUT2D eigenvalue weighted by Crippen LogP contribution is -2.29. The minimum Gasteiger partial charge on any atom is -0.507 e. The van der Waals surface area contributed by atoms with Crippen molar-refractivity contribution in [2.45, 2.75) is 25.9 Å². The van der Waals surface area contributed by atoms with Crippen LogP contribution >= 0.6 is 11.6 Å². The summed E-state index contributed by atoms with van der Waals surface area (Å²) in [5.41, 5.74) is 3.47. The maximum absolute atomic E-state index is 13.6. The first-order valence-corrected chi connectivity index (χ1v) is 11.7. The summed E-state index contributed by atoms with van der Waals surface area (Å²) in [5, 5.41) is 18.3. The second-order valence-electron chi connectivity index (χ2n) is 8.41. The predicted molar refractivity (Wildman–Crippen MR) is 131 cm³/mol. The van der Waals surface area contributed by atoms with Crippen LogP contribution in [0.5, 0.6) is 11.5 Å². The fraction of sp³-hybridized carbons (Fsp3) is 0.185. The number of ether oxygens (including phenoxy) is 1. The topological polar surface area (TPSA) is 78.5 Å². The molecule has 1 amide bonds. The van der Waals surface area contributed by atoms with Gasteiger partial charge in [-0.1, -0.05) is 42.8 Å². The molecule has 5 rings (SSSR count). The number of phenolic OH excluding ortho intramolecular Hbond substituents is 1. The highest BCUT2D eigenvalue weighted by atomic mass is 35.5. The van der Waals surface area contributed by atoms with Crippen molar-refractivity contribution in [3.8, 4) is 22.8 Å². The number of nitrogens with one attached hydrogen (secondary N) is 1. The second kappa shape index (κ2) is 9.43. The molecule has 1 aliphatic heterocycles. The summed E-state index contributed by atoms with van der Waals surface area (Å²) in [6.45, 7) is 2.86. The van der Waals surface area contributed by atoms with Gasteiger partial charge in [-0.25, -0.2) is 4.39 Å². The third-order valence-corrected chi connectivity index (χ3v) is 6.23. The molecule has 6 nitrogen and oxygen atoms in total. The maximum Gasteiger partial charge on any atom is 0.273 e. The normalized spacial score (nSPS) is 14.9. The molecule has 1 aromatic heterocycles. The van der Waals surface area contributed by atoms with Gasteiger partial charge >= 0.3 is 0 Å². The molecule has 1 unspecified atom stereocenters. The molecule has 2 heterocycles. The van der Waals surface area contributed by atoms with Crippen molar-refractivity contribution in [3.63, 3.8) is 0 Å². The molecule has 8 heteroatoms. The average Bonchev–Trinajstić information content (AvgIpc) is 3.40. The monoisotopic (exact) mass is 491 g/mol. The van der Waals surface area contributed by atoms with E-state index in [0.717, 1.165) is 17.5 Å². The van der Waals surface area contributed by atoms with E-state index in [4.69, 9.17) is 16.3 Å². The lowest BCUT2D eigenvalue weighted by atomic mass is 9.95. The first kappa shape index (κ1) is 22.9. The predicted octanol–water partition coefficient (Wildman–Crippen LogP) is 6.11. The van der Waals surface area contributed by atoms with E-state index in [1.165, 1.54) is 18.2 Å². The van der Waals surface area contributed by atoms with Gasteiger partial charge in [-0.05, 0) is 60.0 Å². The SMILES string of the molecule is CCCOc1cccc(C2c3c(-c4cc(Cl)ccc4O)n[nH]c3C(=O)N2Cc2ccc(F)cc2)c1. The Morgan fingerprint density at radius 1 is 1.14 bits per heavy atom. The van der Waals surface area contributed by atoms with Gasteiger partial charge < -0.3 is 14.7 Å². The van der Waals surface area contributed by atoms with Crippen LogP contribution in [-0.4, -0.2) is 32.7 Å². The van der Waals surface area contributed by atoms with Crippen LogP contribution in [0.4, 0.5) is 4.39 Å². The number of aromatic hydroxyl groups is 1. The van der Waals surface area contributed by atoms with Crippen LogP contribution in [0.25, 0.3) is 11.3 Å². The van der Waals surface area contributed by atoms with Crippen molar-refractivity contribution < 1.29 is 19.0 Å². The molecule has 0 fully saturated rings. The molecule has 0 saturated carbocycles. The molecular weight excluding hydrogens is 469 g/mol. The highest BCUT2D eigenvalue weighted by molar-refractivity contribution is 6.31. The Hall–Kier alpha value is -3.84. The number of nitrogens with zero attached hydrogens (tertiary/aromatic N) is 2. The van der Waals surface area contributed by atoms with Gasteiger partial charge in [0.1, 0.15) is 28.7 Å². The van der Waals surface area contributed by atoms with E-state index in [1.54, 1.807) is 29.2 Å². The summed E-state index contributed by atoms with van der Waals surface area (Å²) >= 11 is 6.21. The molecule has 178 valence electrons. The maximum atomic E-state index is 13.6. The molecule has 0 radical (unpaired) electrons. The van der Waals surface area contributed by atoms with Gasteiger partial charge in [-0.15, -0.1) is 0 Å². The summed E-state index contributed by atoms with van der Waals surface area (Å²) in [6, 6.07) is 17.9. The number of carbonyl (C=O) groups excluding carboxylic acids is 1. The molecule has 2 N–H and O–H groups in total. The number of aromatic nitrogens is 2. The van der Waals surface area contributed by atoms with Gasteiger partial charge in [0.2, 0.25) is 0 Å². The second-order valence-corrected chi connectivity index (χ2v) is 8.84. The van der Waals surface area contributed by atoms with Crippen LogP contribution in [0.2, 0.25) is 5.02 Å². The van der Waals surface area contributed by atoms with Crippen molar-refractivity contribution in [3.05, 3.63) is 100.0 Å². The van der Waals surface area contributed by atoms with Crippen LogP contribution in [0, 0.1) is 5.82 Å². The molecule has 1 atom stereocenters. The highest BCUT2D eigenvalue weighted by Crippen LogP contribution is 2.46. The number of phenols is 1. The van der Waals surface area contributed by atoms with Crippen LogP contribution in [0.1, 0.15) is 46.6 Å². The summed E-state index contributed by atoms with van der Waals surface area (Å²) in [7, 11) is 0. The number of rotatable bonds is 7. The number of hydrogen-bond acceptors (Lipinski definition) is 4. The van der Waals surface area contributed by atoms with Gasteiger partial charge in [0.25, 0.3) is 5.91 Å². The number of halogens is 2. The van der Waals surface area contributed by atoms with Crippen molar-refractivity contribution >= 4 is 17.5 Å². The Labute approximate surface area is 206 Å². The summed E-state index contributed by atoms with van der Waals surface area (Å²) in [4.78, 5) is 15.3. The molecule has 0 aliphatic carbocycles. The Balaban J connectivity index is 1.64. The largest absolute Gasteiger partial charge is 0.507 e. The molecule has 4 aromatic rings. The molecule has 35 heavy (non-hydrogen) atoms. The van der Waals surface area contributed by atoms with E-state index in [0.29, 0.717) is 39.9 Å². The highest BCUT2D eigenvalue weighted by Gasteiger charge is 2.42. The number of amides is 1. The van der Waals surface area contributed by atoms with Crippen molar-refractivity contribution in [1.29, 1.82) is 0 Å². The molecular formula is C27H23ClFN3O3. The van der Waals surface area contributed by atoms with Crippen LogP contribution in [0.15, 0.2) is 66.7 Å². The number of benzene rings is 3. The molecule has 0 bridgehead atoms. The lowest BCUT2D eigenvalue weighted by molar-refractivity contribution is 0.0730. The zero-order chi connectivity index (χ0) is 24.5. The number of carbonyl (C=O) groups is 1. The zero-order valence-corrected chi connectivity index (χ0v) is 19.7.